The van der Waals surface area contributed by atoms with Gasteiger partial charge in [-0.05, 0) is 12.1 Å². The molecule has 0 atom stereocenters. The summed E-state index contributed by atoms with van der Waals surface area (Å²) in [6, 6.07) is 12.0. The molecule has 0 saturated carbocycles. The summed E-state index contributed by atoms with van der Waals surface area (Å²) < 4.78 is 0. The second-order valence-electron chi connectivity index (χ2n) is 3.18. The molecule has 0 radical (unpaired) electrons. The Bertz CT molecular complexity index is 523. The topological polar surface area (TPSA) is 33.1 Å². The molecular formula is C13H11NO. The molecule has 74 valence electrons. The van der Waals surface area contributed by atoms with Gasteiger partial charge in [0.1, 0.15) is 6.61 Å². The molecule has 2 nitrogen and oxygen atoms in total. The molecule has 2 heteroatoms. The molecule has 0 aliphatic carbocycles. The first-order chi connectivity index (χ1) is 7.40. The molecular weight excluding hydrogens is 186 g/mol. The molecule has 1 N–H and O–H groups in total. The average Bonchev–Trinajstić information content (AvgIpc) is 2.29. The number of hydrogen-bond donors (Lipinski definition) is 1. The third-order valence-corrected chi connectivity index (χ3v) is 2.13. The third kappa shape index (κ3) is 2.34. The van der Waals surface area contributed by atoms with Crippen molar-refractivity contribution in [3.8, 4) is 11.8 Å². The van der Waals surface area contributed by atoms with Crippen LogP contribution in [0, 0.1) is 11.8 Å². The summed E-state index contributed by atoms with van der Waals surface area (Å²) >= 11 is 0. The molecule has 0 bridgehead atoms. The smallest absolute Gasteiger partial charge is 0.104 e. The van der Waals surface area contributed by atoms with Crippen LogP contribution in [0.3, 0.4) is 0 Å². The first kappa shape index (κ1) is 9.70. The second-order valence-corrected chi connectivity index (χ2v) is 3.18. The van der Waals surface area contributed by atoms with Gasteiger partial charge in [0, 0.05) is 5.39 Å². The zero-order chi connectivity index (χ0) is 10.5. The highest BCUT2D eigenvalue weighted by Gasteiger charge is 1.95. The predicted octanol–water partition coefficient (Wildman–Crippen LogP) is 1.77. The highest BCUT2D eigenvalue weighted by Crippen LogP contribution is 2.11. The normalized spacial score (nSPS) is 9.67. The van der Waals surface area contributed by atoms with E-state index < -0.39 is 0 Å². The number of fused-ring (bicyclic) bond motifs is 1. The van der Waals surface area contributed by atoms with Crippen LogP contribution < -0.4 is 0 Å². The van der Waals surface area contributed by atoms with Gasteiger partial charge in [0.05, 0.1) is 17.6 Å². The number of nitrogens with zero attached hydrogens (tertiary/aromatic N) is 1. The van der Waals surface area contributed by atoms with Crippen LogP contribution in [0.25, 0.3) is 10.9 Å². The number of aliphatic hydroxyl groups excluding tert-OH is 1. The first-order valence-electron chi connectivity index (χ1n) is 4.81. The van der Waals surface area contributed by atoms with E-state index in [1.807, 2.05) is 36.4 Å². The Morgan fingerprint density at radius 1 is 1.07 bits per heavy atom. The fourth-order valence-corrected chi connectivity index (χ4v) is 1.42. The SMILES string of the molecule is OCC#CCc1ccc2ccccc2n1. The Balaban J connectivity index is 2.30. The van der Waals surface area contributed by atoms with Gasteiger partial charge in [-0.3, -0.25) is 4.98 Å². The van der Waals surface area contributed by atoms with Gasteiger partial charge in [0.15, 0.2) is 0 Å². The van der Waals surface area contributed by atoms with Gasteiger partial charge in [-0.25, -0.2) is 0 Å². The Labute approximate surface area is 88.6 Å². The molecule has 0 unspecified atom stereocenters. The van der Waals surface area contributed by atoms with Crippen molar-refractivity contribution < 1.29 is 5.11 Å². The van der Waals surface area contributed by atoms with Crippen molar-refractivity contribution in [2.75, 3.05) is 6.61 Å². The number of pyridine rings is 1. The number of benzene rings is 1. The van der Waals surface area contributed by atoms with Crippen molar-refractivity contribution in [1.82, 2.24) is 4.98 Å². The van der Waals surface area contributed by atoms with Crippen molar-refractivity contribution in [3.05, 3.63) is 42.1 Å². The van der Waals surface area contributed by atoms with Crippen molar-refractivity contribution in [2.45, 2.75) is 6.42 Å². The van der Waals surface area contributed by atoms with E-state index in [1.54, 1.807) is 0 Å². The Hall–Kier alpha value is -1.85. The lowest BCUT2D eigenvalue weighted by atomic mass is 10.2. The minimum absolute atomic E-state index is 0.0897. The summed E-state index contributed by atoms with van der Waals surface area (Å²) in [6.45, 7) is -0.0897. The average molecular weight is 197 g/mol. The number of aromatic nitrogens is 1. The van der Waals surface area contributed by atoms with E-state index in [4.69, 9.17) is 5.11 Å². The molecule has 0 fully saturated rings. The van der Waals surface area contributed by atoms with E-state index in [0.717, 1.165) is 16.6 Å². The maximum atomic E-state index is 8.52. The van der Waals surface area contributed by atoms with Gasteiger partial charge in [-0.15, -0.1) is 0 Å². The van der Waals surface area contributed by atoms with Gasteiger partial charge in [-0.2, -0.15) is 0 Å². The molecule has 0 spiro atoms. The maximum Gasteiger partial charge on any atom is 0.104 e. The molecule has 1 heterocycles. The van der Waals surface area contributed by atoms with Crippen LogP contribution in [0.5, 0.6) is 0 Å². The fraction of sp³-hybridized carbons (Fsp3) is 0.154. The van der Waals surface area contributed by atoms with Gasteiger partial charge < -0.3 is 5.11 Å². The van der Waals surface area contributed by atoms with Crippen molar-refractivity contribution in [2.24, 2.45) is 0 Å². The lowest BCUT2D eigenvalue weighted by molar-refractivity contribution is 0.350. The highest BCUT2D eigenvalue weighted by atomic mass is 16.2. The molecule has 1 aromatic heterocycles. The lowest BCUT2D eigenvalue weighted by Gasteiger charge is -1.98. The number of para-hydroxylation sites is 1. The van der Waals surface area contributed by atoms with Crippen LogP contribution in [0.2, 0.25) is 0 Å². The monoisotopic (exact) mass is 197 g/mol. The maximum absolute atomic E-state index is 8.52. The third-order valence-electron chi connectivity index (χ3n) is 2.13. The van der Waals surface area contributed by atoms with Crippen LogP contribution in [0.1, 0.15) is 5.69 Å². The molecule has 2 rings (SSSR count). The molecule has 0 amide bonds. The first-order valence-corrected chi connectivity index (χ1v) is 4.81. The summed E-state index contributed by atoms with van der Waals surface area (Å²) in [5.41, 5.74) is 1.93. The zero-order valence-corrected chi connectivity index (χ0v) is 8.27. The van der Waals surface area contributed by atoms with Crippen LogP contribution >= 0.6 is 0 Å². The van der Waals surface area contributed by atoms with Crippen LogP contribution in [0.15, 0.2) is 36.4 Å². The quantitative estimate of drug-likeness (QED) is 0.707. The Kier molecular flexibility index (Phi) is 2.96. The Morgan fingerprint density at radius 3 is 2.80 bits per heavy atom. The molecule has 0 aliphatic rings. The fourth-order valence-electron chi connectivity index (χ4n) is 1.42. The molecule has 0 saturated heterocycles. The van der Waals surface area contributed by atoms with E-state index in [1.165, 1.54) is 0 Å². The second kappa shape index (κ2) is 4.59. The van der Waals surface area contributed by atoms with E-state index in [9.17, 15) is 0 Å². The zero-order valence-electron chi connectivity index (χ0n) is 8.27. The van der Waals surface area contributed by atoms with Crippen LogP contribution in [0.4, 0.5) is 0 Å². The molecule has 0 aliphatic heterocycles. The molecule has 2 aromatic rings. The van der Waals surface area contributed by atoms with Crippen molar-refractivity contribution in [1.29, 1.82) is 0 Å². The van der Waals surface area contributed by atoms with Crippen molar-refractivity contribution >= 4 is 10.9 Å². The molecule has 15 heavy (non-hydrogen) atoms. The minimum atomic E-state index is -0.0897. The summed E-state index contributed by atoms with van der Waals surface area (Å²) in [5.74, 6) is 5.46. The highest BCUT2D eigenvalue weighted by molar-refractivity contribution is 5.78. The predicted molar refractivity (Wildman–Crippen MR) is 60.3 cm³/mol. The van der Waals surface area contributed by atoms with Gasteiger partial charge in [0.25, 0.3) is 0 Å². The summed E-state index contributed by atoms with van der Waals surface area (Å²) in [5, 5.41) is 9.66. The summed E-state index contributed by atoms with van der Waals surface area (Å²) in [6.07, 6.45) is 0.589. The number of rotatable bonds is 1. The largest absolute Gasteiger partial charge is 0.384 e. The standard InChI is InChI=1S/C13H11NO/c15-10-4-3-6-12-9-8-11-5-1-2-7-13(11)14-12/h1-2,5,7-9,15H,6,10H2. The minimum Gasteiger partial charge on any atom is -0.384 e. The van der Waals surface area contributed by atoms with Crippen LogP contribution in [-0.2, 0) is 6.42 Å². The number of hydrogen-bond acceptors (Lipinski definition) is 2. The van der Waals surface area contributed by atoms with Crippen molar-refractivity contribution in [3.63, 3.8) is 0 Å². The van der Waals surface area contributed by atoms with Crippen LogP contribution in [-0.4, -0.2) is 16.7 Å². The van der Waals surface area contributed by atoms with E-state index in [2.05, 4.69) is 16.8 Å². The van der Waals surface area contributed by atoms with E-state index in [0.29, 0.717) is 6.42 Å². The molecule has 1 aromatic carbocycles. The van der Waals surface area contributed by atoms with E-state index in [-0.39, 0.29) is 6.61 Å². The van der Waals surface area contributed by atoms with Gasteiger partial charge in [0.2, 0.25) is 0 Å². The van der Waals surface area contributed by atoms with E-state index >= 15 is 0 Å². The summed E-state index contributed by atoms with van der Waals surface area (Å²) in [4.78, 5) is 4.46. The van der Waals surface area contributed by atoms with Gasteiger partial charge >= 0.3 is 0 Å². The summed E-state index contributed by atoms with van der Waals surface area (Å²) in [7, 11) is 0. The number of aliphatic hydroxyl groups is 1. The lowest BCUT2D eigenvalue weighted by Crippen LogP contribution is -1.88. The van der Waals surface area contributed by atoms with Gasteiger partial charge in [-0.1, -0.05) is 36.1 Å². The Morgan fingerprint density at radius 2 is 1.93 bits per heavy atom.